The SMILES string of the molecule is O=C1CCN(S(=O)(=O)c2ccc(C(F)(F)F)cc2)C[C@H]2C[C@H](Oc3ccc(C(F)(F)F)cn3)CN12. The summed E-state index contributed by atoms with van der Waals surface area (Å²) in [6.07, 6.45) is -9.09. The number of nitrogens with zero attached hydrogens (tertiary/aromatic N) is 3. The van der Waals surface area contributed by atoms with Gasteiger partial charge in [0.15, 0.2) is 0 Å². The molecule has 2 aliphatic rings. The predicted molar refractivity (Wildman–Crippen MR) is 109 cm³/mol. The molecule has 0 bridgehead atoms. The second-order valence-corrected chi connectivity index (χ2v) is 10.1. The van der Waals surface area contributed by atoms with Crippen molar-refractivity contribution in [2.45, 2.75) is 42.2 Å². The van der Waals surface area contributed by atoms with Gasteiger partial charge in [0.1, 0.15) is 6.10 Å². The molecule has 2 aliphatic heterocycles. The van der Waals surface area contributed by atoms with E-state index in [0.717, 1.165) is 28.6 Å². The summed E-state index contributed by atoms with van der Waals surface area (Å²) in [4.78, 5) is 17.4. The summed E-state index contributed by atoms with van der Waals surface area (Å²) >= 11 is 0. The zero-order valence-electron chi connectivity index (χ0n) is 17.9. The summed E-state index contributed by atoms with van der Waals surface area (Å²) in [5.74, 6) is -0.395. The van der Waals surface area contributed by atoms with E-state index >= 15 is 0 Å². The fourth-order valence-electron chi connectivity index (χ4n) is 4.10. The number of rotatable bonds is 4. The van der Waals surface area contributed by atoms with Crippen LogP contribution in [0, 0.1) is 0 Å². The summed E-state index contributed by atoms with van der Waals surface area (Å²) in [5.41, 5.74) is -1.93. The highest BCUT2D eigenvalue weighted by Crippen LogP contribution is 2.33. The summed E-state index contributed by atoms with van der Waals surface area (Å²) in [6.45, 7) is -0.142. The van der Waals surface area contributed by atoms with Gasteiger partial charge in [0.05, 0.1) is 22.6 Å². The Morgan fingerprint density at radius 2 is 1.54 bits per heavy atom. The van der Waals surface area contributed by atoms with Gasteiger partial charge < -0.3 is 9.64 Å². The van der Waals surface area contributed by atoms with Gasteiger partial charge in [0.2, 0.25) is 21.8 Å². The Kier molecular flexibility index (Phi) is 6.47. The van der Waals surface area contributed by atoms with Gasteiger partial charge in [-0.1, -0.05) is 0 Å². The first kappa shape index (κ1) is 25.2. The van der Waals surface area contributed by atoms with Crippen LogP contribution in [0.4, 0.5) is 26.3 Å². The summed E-state index contributed by atoms with van der Waals surface area (Å²) in [5, 5.41) is 0. The largest absolute Gasteiger partial charge is 0.472 e. The van der Waals surface area contributed by atoms with Gasteiger partial charge in [-0.2, -0.15) is 30.6 Å². The van der Waals surface area contributed by atoms with Crippen LogP contribution in [0.2, 0.25) is 0 Å². The molecule has 1 aromatic carbocycles. The second-order valence-electron chi connectivity index (χ2n) is 8.19. The van der Waals surface area contributed by atoms with E-state index in [1.807, 2.05) is 0 Å². The Morgan fingerprint density at radius 3 is 2.11 bits per heavy atom. The standard InChI is InChI=1S/C21H19F6N3O4S/c22-20(23,24)13-1-4-17(5-2-13)35(32,33)29-8-7-19(31)30-12-16(9-15(30)11-29)34-18-6-3-14(10-28-18)21(25,26)27/h1-6,10,15-16H,7-9,11-12H2/t15-,16+/m1/s1. The predicted octanol–water partition coefficient (Wildman–Crippen LogP) is 3.56. The third-order valence-electron chi connectivity index (χ3n) is 5.86. The third-order valence-corrected chi connectivity index (χ3v) is 7.74. The minimum atomic E-state index is -4.61. The van der Waals surface area contributed by atoms with Crippen molar-refractivity contribution in [3.63, 3.8) is 0 Å². The van der Waals surface area contributed by atoms with Crippen molar-refractivity contribution in [3.05, 3.63) is 53.7 Å². The molecule has 0 N–H and O–H groups in total. The molecule has 2 saturated heterocycles. The van der Waals surface area contributed by atoms with Crippen LogP contribution in [-0.4, -0.2) is 60.3 Å². The van der Waals surface area contributed by atoms with Gasteiger partial charge in [-0.15, -0.1) is 0 Å². The normalized spacial score (nSPS) is 22.1. The van der Waals surface area contributed by atoms with E-state index in [0.29, 0.717) is 18.3 Å². The lowest BCUT2D eigenvalue weighted by atomic mass is 10.2. The zero-order chi connectivity index (χ0) is 25.6. The first-order valence-electron chi connectivity index (χ1n) is 10.4. The van der Waals surface area contributed by atoms with Crippen LogP contribution in [0.5, 0.6) is 5.88 Å². The van der Waals surface area contributed by atoms with Crippen LogP contribution in [0.3, 0.4) is 0 Å². The van der Waals surface area contributed by atoms with E-state index in [1.54, 1.807) is 0 Å². The van der Waals surface area contributed by atoms with E-state index in [-0.39, 0.29) is 49.2 Å². The van der Waals surface area contributed by atoms with Gasteiger partial charge in [0, 0.05) is 44.2 Å². The molecule has 1 amide bonds. The Bertz CT molecular complexity index is 1180. The molecular weight excluding hydrogens is 504 g/mol. The number of carbonyl (C=O) groups excluding carboxylic acids is 1. The quantitative estimate of drug-likeness (QED) is 0.573. The maximum Gasteiger partial charge on any atom is 0.417 e. The minimum absolute atomic E-state index is 0.0673. The highest BCUT2D eigenvalue weighted by atomic mass is 32.2. The number of ether oxygens (including phenoxy) is 1. The molecule has 2 atom stereocenters. The third kappa shape index (κ3) is 5.37. The highest BCUT2D eigenvalue weighted by molar-refractivity contribution is 7.89. The lowest BCUT2D eigenvalue weighted by molar-refractivity contribution is -0.138. The highest BCUT2D eigenvalue weighted by Gasteiger charge is 2.42. The average Bonchev–Trinajstić information content (AvgIpc) is 3.10. The lowest BCUT2D eigenvalue weighted by Crippen LogP contribution is -2.40. The van der Waals surface area contributed by atoms with Crippen molar-refractivity contribution in [3.8, 4) is 5.88 Å². The van der Waals surface area contributed by atoms with Gasteiger partial charge >= 0.3 is 12.4 Å². The van der Waals surface area contributed by atoms with E-state index in [2.05, 4.69) is 4.98 Å². The number of aromatic nitrogens is 1. The van der Waals surface area contributed by atoms with Gasteiger partial charge in [-0.3, -0.25) is 4.79 Å². The maximum atomic E-state index is 13.1. The van der Waals surface area contributed by atoms with Crippen molar-refractivity contribution in [1.29, 1.82) is 0 Å². The Labute approximate surface area is 196 Å². The smallest absolute Gasteiger partial charge is 0.417 e. The van der Waals surface area contributed by atoms with Crippen LogP contribution < -0.4 is 4.74 Å². The molecule has 3 heterocycles. The van der Waals surface area contributed by atoms with Crippen molar-refractivity contribution >= 4 is 15.9 Å². The Balaban J connectivity index is 1.47. The minimum Gasteiger partial charge on any atom is -0.472 e. The number of hydrogen-bond acceptors (Lipinski definition) is 5. The van der Waals surface area contributed by atoms with Crippen LogP contribution in [0.25, 0.3) is 0 Å². The Morgan fingerprint density at radius 1 is 0.914 bits per heavy atom. The average molecular weight is 523 g/mol. The molecule has 4 rings (SSSR count). The maximum absolute atomic E-state index is 13.1. The second kappa shape index (κ2) is 8.97. The van der Waals surface area contributed by atoms with Gasteiger partial charge in [-0.25, -0.2) is 13.4 Å². The molecule has 0 unspecified atom stereocenters. The van der Waals surface area contributed by atoms with E-state index in [1.165, 1.54) is 4.90 Å². The van der Waals surface area contributed by atoms with Crippen LogP contribution in [-0.2, 0) is 27.2 Å². The molecule has 0 aliphatic carbocycles. The fourth-order valence-corrected chi connectivity index (χ4v) is 5.58. The molecule has 1 aromatic heterocycles. The number of sulfonamides is 1. The van der Waals surface area contributed by atoms with Crippen molar-refractivity contribution < 1.29 is 44.3 Å². The number of benzene rings is 1. The number of amides is 1. The first-order chi connectivity index (χ1) is 16.2. The molecule has 2 fully saturated rings. The number of alkyl halides is 6. The van der Waals surface area contributed by atoms with Crippen LogP contribution in [0.1, 0.15) is 24.0 Å². The lowest BCUT2D eigenvalue weighted by Gasteiger charge is -2.25. The van der Waals surface area contributed by atoms with E-state index < -0.39 is 45.6 Å². The number of fused-ring (bicyclic) bond motifs is 1. The molecule has 35 heavy (non-hydrogen) atoms. The van der Waals surface area contributed by atoms with Gasteiger partial charge in [-0.05, 0) is 30.3 Å². The molecule has 190 valence electrons. The monoisotopic (exact) mass is 523 g/mol. The van der Waals surface area contributed by atoms with Crippen LogP contribution in [0.15, 0.2) is 47.5 Å². The number of hydrogen-bond donors (Lipinski definition) is 0. The molecule has 2 aromatic rings. The summed E-state index contributed by atoms with van der Waals surface area (Å²) in [7, 11) is -4.18. The molecule has 0 radical (unpaired) electrons. The molecule has 0 spiro atoms. The number of carbonyl (C=O) groups is 1. The zero-order valence-corrected chi connectivity index (χ0v) is 18.7. The topological polar surface area (TPSA) is 79.8 Å². The molecule has 14 heteroatoms. The van der Waals surface area contributed by atoms with Gasteiger partial charge in [0.25, 0.3) is 0 Å². The van der Waals surface area contributed by atoms with Crippen LogP contribution >= 0.6 is 0 Å². The van der Waals surface area contributed by atoms with E-state index in [4.69, 9.17) is 4.74 Å². The summed E-state index contributed by atoms with van der Waals surface area (Å²) in [6, 6.07) is 4.42. The number of pyridine rings is 1. The first-order valence-corrected chi connectivity index (χ1v) is 11.9. The Hall–Kier alpha value is -2.87. The van der Waals surface area contributed by atoms with Crippen molar-refractivity contribution in [2.24, 2.45) is 0 Å². The molecule has 0 saturated carbocycles. The fraction of sp³-hybridized carbons (Fsp3) is 0.429. The molecular formula is C21H19F6N3O4S. The van der Waals surface area contributed by atoms with Crippen molar-refractivity contribution in [1.82, 2.24) is 14.2 Å². The summed E-state index contributed by atoms with van der Waals surface area (Å²) < 4.78 is 109. The number of halogens is 6. The molecule has 7 nitrogen and oxygen atoms in total. The van der Waals surface area contributed by atoms with E-state index in [9.17, 15) is 39.6 Å². The van der Waals surface area contributed by atoms with Crippen molar-refractivity contribution in [2.75, 3.05) is 19.6 Å².